The summed E-state index contributed by atoms with van der Waals surface area (Å²) in [5.74, 6) is 0.174. The molecule has 3 nitrogen and oxygen atoms in total. The zero-order chi connectivity index (χ0) is 10.1. The van der Waals surface area contributed by atoms with Crippen molar-refractivity contribution < 1.29 is 9.53 Å². The Morgan fingerprint density at radius 2 is 2.08 bits per heavy atom. The average molecular weight is 185 g/mol. The third-order valence-corrected chi connectivity index (χ3v) is 2.07. The lowest BCUT2D eigenvalue weighted by Gasteiger charge is -2.32. The number of hydrogen-bond donors (Lipinski definition) is 1. The van der Waals surface area contributed by atoms with Gasteiger partial charge in [0.05, 0.1) is 12.1 Å². The van der Waals surface area contributed by atoms with Crippen molar-refractivity contribution in [2.45, 2.75) is 51.8 Å². The lowest BCUT2D eigenvalue weighted by molar-refractivity contribution is -0.134. The first kappa shape index (κ1) is 10.7. The van der Waals surface area contributed by atoms with Gasteiger partial charge in [0.2, 0.25) is 0 Å². The lowest BCUT2D eigenvalue weighted by Crippen LogP contribution is -2.52. The minimum absolute atomic E-state index is 0.00259. The van der Waals surface area contributed by atoms with Crippen LogP contribution in [-0.2, 0) is 9.53 Å². The number of Topliss-reactive ketones (excluding diaryl/α,β-unsaturated/α-hetero) is 1. The normalized spacial score (nSPS) is 30.6. The van der Waals surface area contributed by atoms with Gasteiger partial charge in [-0.3, -0.25) is 4.79 Å². The van der Waals surface area contributed by atoms with E-state index in [9.17, 15) is 4.79 Å². The van der Waals surface area contributed by atoms with Gasteiger partial charge in [0.25, 0.3) is 0 Å². The van der Waals surface area contributed by atoms with Gasteiger partial charge >= 0.3 is 0 Å². The second-order valence-electron chi connectivity index (χ2n) is 4.77. The maximum absolute atomic E-state index is 11.4. The summed E-state index contributed by atoms with van der Waals surface area (Å²) in [6.45, 7) is 8.47. The molecule has 1 aliphatic heterocycles. The summed E-state index contributed by atoms with van der Waals surface area (Å²) < 4.78 is 5.25. The standard InChI is InChI=1S/C10H19NO2/c1-7-5-8(9(12)6-13-7)11-10(2,3)4/h7-8,11H,5-6H2,1-4H3. The molecule has 0 aromatic heterocycles. The second-order valence-corrected chi connectivity index (χ2v) is 4.77. The van der Waals surface area contributed by atoms with Crippen LogP contribution in [0.4, 0.5) is 0 Å². The summed E-state index contributed by atoms with van der Waals surface area (Å²) in [6.07, 6.45) is 0.980. The van der Waals surface area contributed by atoms with E-state index in [2.05, 4.69) is 26.1 Å². The Morgan fingerprint density at radius 1 is 1.46 bits per heavy atom. The molecule has 2 atom stereocenters. The van der Waals surface area contributed by atoms with Gasteiger partial charge in [-0.1, -0.05) is 0 Å². The molecule has 1 heterocycles. The number of rotatable bonds is 1. The monoisotopic (exact) mass is 185 g/mol. The topological polar surface area (TPSA) is 38.3 Å². The fraction of sp³-hybridized carbons (Fsp3) is 0.900. The Morgan fingerprint density at radius 3 is 2.62 bits per heavy atom. The predicted octanol–water partition coefficient (Wildman–Crippen LogP) is 1.12. The van der Waals surface area contributed by atoms with Gasteiger partial charge in [0.15, 0.2) is 5.78 Å². The van der Waals surface area contributed by atoms with Gasteiger partial charge in [0.1, 0.15) is 6.61 Å². The quantitative estimate of drug-likeness (QED) is 0.665. The number of hydrogen-bond acceptors (Lipinski definition) is 3. The first-order valence-corrected chi connectivity index (χ1v) is 4.80. The Balaban J connectivity index is 2.52. The maximum Gasteiger partial charge on any atom is 0.175 e. The van der Waals surface area contributed by atoms with E-state index in [1.54, 1.807) is 0 Å². The summed E-state index contributed by atoms with van der Waals surface area (Å²) in [7, 11) is 0. The second kappa shape index (κ2) is 3.76. The first-order valence-electron chi connectivity index (χ1n) is 4.80. The van der Waals surface area contributed by atoms with Crippen molar-refractivity contribution in [2.75, 3.05) is 6.61 Å². The molecule has 2 unspecified atom stereocenters. The molecule has 0 aromatic carbocycles. The number of ketones is 1. The first-order chi connectivity index (χ1) is 5.88. The summed E-state index contributed by atoms with van der Waals surface area (Å²) in [5, 5.41) is 3.31. The van der Waals surface area contributed by atoms with Crippen LogP contribution in [0.3, 0.4) is 0 Å². The van der Waals surface area contributed by atoms with Crippen LogP contribution >= 0.6 is 0 Å². The summed E-state index contributed by atoms with van der Waals surface area (Å²) in [6, 6.07) is -0.0243. The van der Waals surface area contributed by atoms with Crippen LogP contribution in [0.25, 0.3) is 0 Å². The van der Waals surface area contributed by atoms with Crippen molar-refractivity contribution in [1.29, 1.82) is 0 Å². The molecule has 0 aliphatic carbocycles. The number of carbonyl (C=O) groups excluding carboxylic acids is 1. The molecule has 1 rings (SSSR count). The van der Waals surface area contributed by atoms with E-state index in [0.29, 0.717) is 0 Å². The average Bonchev–Trinajstić information content (AvgIpc) is 1.94. The van der Waals surface area contributed by atoms with Crippen LogP contribution < -0.4 is 5.32 Å². The fourth-order valence-electron chi connectivity index (χ4n) is 1.52. The van der Waals surface area contributed by atoms with Gasteiger partial charge in [-0.15, -0.1) is 0 Å². The molecule has 1 fully saturated rings. The third-order valence-electron chi connectivity index (χ3n) is 2.07. The SMILES string of the molecule is CC1CC(NC(C)(C)C)C(=O)CO1. The zero-order valence-corrected chi connectivity index (χ0v) is 8.89. The Bertz CT molecular complexity index is 196. The van der Waals surface area contributed by atoms with Crippen molar-refractivity contribution in [3.8, 4) is 0 Å². The van der Waals surface area contributed by atoms with Crippen LogP contribution in [0.2, 0.25) is 0 Å². The molecule has 3 heteroatoms. The molecule has 1 saturated heterocycles. The Kier molecular flexibility index (Phi) is 3.09. The minimum atomic E-state index is -0.0243. The van der Waals surface area contributed by atoms with E-state index >= 15 is 0 Å². The van der Waals surface area contributed by atoms with Gasteiger partial charge in [0, 0.05) is 5.54 Å². The summed E-state index contributed by atoms with van der Waals surface area (Å²) in [5.41, 5.74) is -0.00259. The highest BCUT2D eigenvalue weighted by atomic mass is 16.5. The smallest absolute Gasteiger partial charge is 0.175 e. The Labute approximate surface area is 79.8 Å². The van der Waals surface area contributed by atoms with E-state index < -0.39 is 0 Å². The van der Waals surface area contributed by atoms with Crippen molar-refractivity contribution in [2.24, 2.45) is 0 Å². The molecule has 1 aliphatic rings. The minimum Gasteiger partial charge on any atom is -0.371 e. The molecule has 0 amide bonds. The molecule has 0 saturated carbocycles. The highest BCUT2D eigenvalue weighted by Gasteiger charge is 2.29. The molecule has 13 heavy (non-hydrogen) atoms. The largest absolute Gasteiger partial charge is 0.371 e. The van der Waals surface area contributed by atoms with Crippen molar-refractivity contribution in [3.63, 3.8) is 0 Å². The Hall–Kier alpha value is -0.410. The van der Waals surface area contributed by atoms with Gasteiger partial charge in [-0.05, 0) is 34.1 Å². The zero-order valence-electron chi connectivity index (χ0n) is 8.89. The van der Waals surface area contributed by atoms with Crippen LogP contribution in [-0.4, -0.2) is 30.1 Å². The van der Waals surface area contributed by atoms with E-state index in [1.165, 1.54) is 0 Å². The lowest BCUT2D eigenvalue weighted by atomic mass is 9.99. The molecule has 0 bridgehead atoms. The fourth-order valence-corrected chi connectivity index (χ4v) is 1.52. The number of carbonyl (C=O) groups is 1. The molecule has 0 radical (unpaired) electrons. The van der Waals surface area contributed by atoms with Gasteiger partial charge in [-0.25, -0.2) is 0 Å². The van der Waals surface area contributed by atoms with Gasteiger partial charge in [-0.2, -0.15) is 0 Å². The predicted molar refractivity (Wildman–Crippen MR) is 51.7 cm³/mol. The molecular weight excluding hydrogens is 166 g/mol. The third kappa shape index (κ3) is 3.44. The van der Waals surface area contributed by atoms with E-state index in [0.717, 1.165) is 6.42 Å². The highest BCUT2D eigenvalue weighted by Crippen LogP contribution is 2.13. The highest BCUT2D eigenvalue weighted by molar-refractivity contribution is 5.85. The summed E-state index contributed by atoms with van der Waals surface area (Å²) >= 11 is 0. The van der Waals surface area contributed by atoms with Crippen LogP contribution in [0.5, 0.6) is 0 Å². The van der Waals surface area contributed by atoms with E-state index in [-0.39, 0.29) is 30.1 Å². The van der Waals surface area contributed by atoms with Crippen LogP contribution in [0.1, 0.15) is 34.1 Å². The molecule has 1 N–H and O–H groups in total. The summed E-state index contributed by atoms with van der Waals surface area (Å²) in [4.78, 5) is 11.4. The molecule has 0 spiro atoms. The molecular formula is C10H19NO2. The maximum atomic E-state index is 11.4. The molecule has 76 valence electrons. The van der Waals surface area contributed by atoms with E-state index in [1.807, 2.05) is 6.92 Å². The van der Waals surface area contributed by atoms with Gasteiger partial charge < -0.3 is 10.1 Å². The number of nitrogens with one attached hydrogen (secondary N) is 1. The molecule has 0 aromatic rings. The van der Waals surface area contributed by atoms with Crippen molar-refractivity contribution >= 4 is 5.78 Å². The van der Waals surface area contributed by atoms with Crippen LogP contribution in [0, 0.1) is 0 Å². The van der Waals surface area contributed by atoms with Crippen molar-refractivity contribution in [3.05, 3.63) is 0 Å². The number of ether oxygens (including phenoxy) is 1. The van der Waals surface area contributed by atoms with Crippen LogP contribution in [0.15, 0.2) is 0 Å². The van der Waals surface area contributed by atoms with E-state index in [4.69, 9.17) is 4.74 Å². The van der Waals surface area contributed by atoms with Crippen molar-refractivity contribution in [1.82, 2.24) is 5.32 Å².